The highest BCUT2D eigenvalue weighted by Gasteiger charge is 2.16. The molecular weight excluding hydrogens is 342 g/mol. The second-order valence-corrected chi connectivity index (χ2v) is 5.59. The number of rotatable bonds is 4. The lowest BCUT2D eigenvalue weighted by atomic mass is 10.2. The number of nitrogens with one attached hydrogen (secondary N) is 1. The first-order chi connectivity index (χ1) is 12.3. The Labute approximate surface area is 146 Å². The van der Waals surface area contributed by atoms with Crippen molar-refractivity contribution in [1.29, 1.82) is 0 Å². The number of nitro benzene ring substituents is 1. The minimum atomic E-state index is -0.483. The molecule has 0 saturated carbocycles. The van der Waals surface area contributed by atoms with E-state index in [1.807, 2.05) is 0 Å². The summed E-state index contributed by atoms with van der Waals surface area (Å²) in [4.78, 5) is 38.7. The van der Waals surface area contributed by atoms with Crippen LogP contribution in [-0.2, 0) is 21.1 Å². The number of anilines is 1. The van der Waals surface area contributed by atoms with Crippen LogP contribution in [0, 0.1) is 10.1 Å². The molecule has 0 unspecified atom stereocenters. The van der Waals surface area contributed by atoms with E-state index >= 15 is 0 Å². The van der Waals surface area contributed by atoms with Crippen LogP contribution < -0.4 is 16.7 Å². The zero-order valence-electron chi connectivity index (χ0n) is 14.2. The highest BCUT2D eigenvalue weighted by molar-refractivity contribution is 5.81. The second-order valence-electron chi connectivity index (χ2n) is 5.59. The molecule has 3 rings (SSSR count). The lowest BCUT2D eigenvalue weighted by Gasteiger charge is -2.03. The van der Waals surface area contributed by atoms with Crippen molar-refractivity contribution < 1.29 is 4.92 Å². The largest absolute Gasteiger partial charge is 0.332 e. The molecular formula is C15H15N7O4. The maximum Gasteiger partial charge on any atom is 0.332 e. The number of hydrogen-bond acceptors (Lipinski definition) is 7. The first-order valence-corrected chi connectivity index (χ1v) is 7.47. The maximum absolute atomic E-state index is 12.3. The molecule has 0 bridgehead atoms. The normalized spacial score (nSPS) is 11.3. The Morgan fingerprint density at radius 3 is 2.38 bits per heavy atom. The summed E-state index contributed by atoms with van der Waals surface area (Å²) < 4.78 is 3.79. The van der Waals surface area contributed by atoms with E-state index in [4.69, 9.17) is 0 Å². The van der Waals surface area contributed by atoms with Crippen LogP contribution in [0.1, 0.15) is 5.56 Å². The summed E-state index contributed by atoms with van der Waals surface area (Å²) in [5, 5.41) is 14.7. The summed E-state index contributed by atoms with van der Waals surface area (Å²) in [5.41, 5.74) is 2.92. The van der Waals surface area contributed by atoms with Gasteiger partial charge in [0.05, 0.1) is 11.1 Å². The molecule has 0 aliphatic rings. The van der Waals surface area contributed by atoms with Gasteiger partial charge in [0.15, 0.2) is 11.2 Å². The number of nitrogens with zero attached hydrogens (tertiary/aromatic N) is 6. The van der Waals surface area contributed by atoms with Gasteiger partial charge in [-0.1, -0.05) is 0 Å². The molecule has 11 heteroatoms. The molecule has 0 aliphatic carbocycles. The van der Waals surface area contributed by atoms with Crippen molar-refractivity contribution in [3.8, 4) is 0 Å². The number of hydrogen-bond donors (Lipinski definition) is 1. The van der Waals surface area contributed by atoms with E-state index < -0.39 is 16.2 Å². The molecule has 0 saturated heterocycles. The number of aryl methyl sites for hydroxylation is 2. The van der Waals surface area contributed by atoms with E-state index in [0.29, 0.717) is 5.56 Å². The average molecular weight is 357 g/mol. The molecule has 1 aromatic carbocycles. The zero-order chi connectivity index (χ0) is 19.0. The van der Waals surface area contributed by atoms with Crippen LogP contribution in [0.2, 0.25) is 0 Å². The lowest BCUT2D eigenvalue weighted by molar-refractivity contribution is -0.384. The molecule has 0 aliphatic heterocycles. The number of non-ortho nitro benzene ring substituents is 1. The monoisotopic (exact) mass is 357 g/mol. The van der Waals surface area contributed by atoms with Gasteiger partial charge in [-0.05, 0) is 17.7 Å². The Balaban J connectivity index is 1.92. The van der Waals surface area contributed by atoms with Crippen LogP contribution in [0.5, 0.6) is 0 Å². The van der Waals surface area contributed by atoms with Crippen molar-refractivity contribution in [2.45, 2.75) is 0 Å². The van der Waals surface area contributed by atoms with E-state index in [-0.39, 0.29) is 22.8 Å². The van der Waals surface area contributed by atoms with Crippen LogP contribution >= 0.6 is 0 Å². The minimum Gasteiger partial charge on any atom is -0.306 e. The summed E-state index contributed by atoms with van der Waals surface area (Å²) >= 11 is 0. The number of imidazole rings is 1. The van der Waals surface area contributed by atoms with E-state index in [1.54, 1.807) is 19.2 Å². The molecule has 134 valence electrons. The van der Waals surface area contributed by atoms with Crippen LogP contribution in [0.4, 0.5) is 11.6 Å². The van der Waals surface area contributed by atoms with Crippen LogP contribution in [0.15, 0.2) is 39.0 Å². The van der Waals surface area contributed by atoms with Gasteiger partial charge in [-0.25, -0.2) is 10.2 Å². The predicted molar refractivity (Wildman–Crippen MR) is 95.5 cm³/mol. The van der Waals surface area contributed by atoms with Gasteiger partial charge in [-0.3, -0.25) is 24.0 Å². The Hall–Kier alpha value is -3.76. The quantitative estimate of drug-likeness (QED) is 0.407. The smallest absolute Gasteiger partial charge is 0.306 e. The van der Waals surface area contributed by atoms with Gasteiger partial charge in [-0.15, -0.1) is 0 Å². The molecule has 11 nitrogen and oxygen atoms in total. The predicted octanol–water partition coefficient (Wildman–Crippen LogP) is 0.325. The van der Waals surface area contributed by atoms with Crippen molar-refractivity contribution >= 4 is 29.0 Å². The molecule has 2 aromatic heterocycles. The number of benzene rings is 1. The van der Waals surface area contributed by atoms with Gasteiger partial charge in [0, 0.05) is 33.3 Å². The molecule has 1 N–H and O–H groups in total. The average Bonchev–Trinajstić information content (AvgIpc) is 2.95. The molecule has 0 spiro atoms. The molecule has 0 amide bonds. The van der Waals surface area contributed by atoms with Gasteiger partial charge in [0.2, 0.25) is 5.95 Å². The van der Waals surface area contributed by atoms with E-state index in [0.717, 1.165) is 4.57 Å². The SMILES string of the molecule is Cn1c(=O)c2c(nc(NN=Cc3ccc([N+](=O)[O-])cc3)n2C)n(C)c1=O. The summed E-state index contributed by atoms with van der Waals surface area (Å²) in [5.74, 6) is 0.275. The zero-order valence-corrected chi connectivity index (χ0v) is 14.2. The fraction of sp³-hybridized carbons (Fsp3) is 0.200. The Bertz CT molecular complexity index is 1150. The van der Waals surface area contributed by atoms with Gasteiger partial charge in [-0.2, -0.15) is 10.1 Å². The summed E-state index contributed by atoms with van der Waals surface area (Å²) in [6, 6.07) is 5.85. The standard InChI is InChI=1S/C15H15N7O4/c1-19-11-12(20(2)15(24)21(3)13(11)23)17-14(19)18-16-8-9-4-6-10(7-5-9)22(25)26/h4-8H,1-3H3,(H,17,18). The molecule has 0 atom stereocenters. The molecule has 2 heterocycles. The number of nitro groups is 1. The van der Waals surface area contributed by atoms with Crippen molar-refractivity contribution in [2.75, 3.05) is 5.43 Å². The summed E-state index contributed by atoms with van der Waals surface area (Å²) in [6.07, 6.45) is 1.46. The molecule has 26 heavy (non-hydrogen) atoms. The molecule has 0 radical (unpaired) electrons. The number of fused-ring (bicyclic) bond motifs is 1. The van der Waals surface area contributed by atoms with E-state index in [9.17, 15) is 19.7 Å². The van der Waals surface area contributed by atoms with E-state index in [2.05, 4.69) is 15.5 Å². The molecule has 3 aromatic rings. The third-order valence-electron chi connectivity index (χ3n) is 3.96. The number of hydrazone groups is 1. The first-order valence-electron chi connectivity index (χ1n) is 7.47. The van der Waals surface area contributed by atoms with Crippen molar-refractivity contribution in [3.63, 3.8) is 0 Å². The maximum atomic E-state index is 12.3. The third-order valence-corrected chi connectivity index (χ3v) is 3.96. The van der Waals surface area contributed by atoms with Gasteiger partial charge >= 0.3 is 5.69 Å². The van der Waals surface area contributed by atoms with Crippen LogP contribution in [0.3, 0.4) is 0 Å². The van der Waals surface area contributed by atoms with Gasteiger partial charge in [0.1, 0.15) is 0 Å². The van der Waals surface area contributed by atoms with Gasteiger partial charge < -0.3 is 4.57 Å². The van der Waals surface area contributed by atoms with Crippen molar-refractivity contribution in [3.05, 3.63) is 60.8 Å². The topological polar surface area (TPSA) is 129 Å². The van der Waals surface area contributed by atoms with E-state index in [1.165, 1.54) is 41.6 Å². The number of aromatic nitrogens is 4. The summed E-state index contributed by atoms with van der Waals surface area (Å²) in [7, 11) is 4.56. The van der Waals surface area contributed by atoms with Crippen LogP contribution in [-0.4, -0.2) is 29.8 Å². The van der Waals surface area contributed by atoms with Crippen molar-refractivity contribution in [1.82, 2.24) is 18.7 Å². The Kier molecular flexibility index (Phi) is 4.12. The third kappa shape index (κ3) is 2.75. The minimum absolute atomic E-state index is 0.0118. The first kappa shape index (κ1) is 17.1. The summed E-state index contributed by atoms with van der Waals surface area (Å²) in [6.45, 7) is 0. The van der Waals surface area contributed by atoms with Gasteiger partial charge in [0.25, 0.3) is 11.2 Å². The highest BCUT2D eigenvalue weighted by atomic mass is 16.6. The fourth-order valence-corrected chi connectivity index (χ4v) is 2.47. The highest BCUT2D eigenvalue weighted by Crippen LogP contribution is 2.13. The van der Waals surface area contributed by atoms with Crippen LogP contribution in [0.25, 0.3) is 11.2 Å². The second kappa shape index (κ2) is 6.27. The Morgan fingerprint density at radius 1 is 1.12 bits per heavy atom. The Morgan fingerprint density at radius 2 is 1.77 bits per heavy atom. The molecule has 0 fully saturated rings. The lowest BCUT2D eigenvalue weighted by Crippen LogP contribution is -2.37. The van der Waals surface area contributed by atoms with Crippen molar-refractivity contribution in [2.24, 2.45) is 26.2 Å². The fourth-order valence-electron chi connectivity index (χ4n) is 2.47.